The lowest BCUT2D eigenvalue weighted by atomic mass is 10.3. The number of carbonyl (C=O) groups is 1. The van der Waals surface area contributed by atoms with E-state index in [-0.39, 0.29) is 12.5 Å². The molecule has 4 aromatic rings. The molecule has 0 aliphatic rings. The minimum atomic E-state index is -0.0415. The summed E-state index contributed by atoms with van der Waals surface area (Å²) in [6.07, 6.45) is 0. The van der Waals surface area contributed by atoms with E-state index in [2.05, 4.69) is 10.3 Å². The Balaban J connectivity index is 1.56. The first-order valence-electron chi connectivity index (χ1n) is 8.73. The van der Waals surface area contributed by atoms with Gasteiger partial charge in [0.2, 0.25) is 5.91 Å². The molecular weight excluding hydrogens is 388 g/mol. The van der Waals surface area contributed by atoms with E-state index in [1.807, 2.05) is 71.4 Å². The summed E-state index contributed by atoms with van der Waals surface area (Å²) >= 11 is 3.22. The molecule has 0 saturated heterocycles. The van der Waals surface area contributed by atoms with Gasteiger partial charge in [-0.3, -0.25) is 4.79 Å². The fourth-order valence-electron chi connectivity index (χ4n) is 2.68. The molecule has 1 amide bonds. The molecule has 3 aromatic heterocycles. The molecule has 0 atom stereocenters. The fourth-order valence-corrected chi connectivity index (χ4v) is 4.03. The molecule has 140 valence electrons. The number of benzene rings is 1. The highest BCUT2D eigenvalue weighted by molar-refractivity contribution is 7.13. The highest BCUT2D eigenvalue weighted by Crippen LogP contribution is 2.29. The first-order valence-corrected chi connectivity index (χ1v) is 10.5. The Hall–Kier alpha value is -3.03. The molecule has 0 radical (unpaired) electrons. The van der Waals surface area contributed by atoms with Crippen LogP contribution in [0.4, 0.5) is 11.5 Å². The van der Waals surface area contributed by atoms with Crippen molar-refractivity contribution in [3.63, 3.8) is 0 Å². The van der Waals surface area contributed by atoms with Gasteiger partial charge in [0.05, 0.1) is 22.0 Å². The predicted molar refractivity (Wildman–Crippen MR) is 117 cm³/mol. The number of para-hydroxylation sites is 1. The third-order valence-corrected chi connectivity index (χ3v) is 5.94. The number of anilines is 2. The van der Waals surface area contributed by atoms with Gasteiger partial charge in [0, 0.05) is 18.8 Å². The van der Waals surface area contributed by atoms with Crippen LogP contribution in [0.3, 0.4) is 0 Å². The Labute approximate surface area is 171 Å². The third-order valence-electron chi connectivity index (χ3n) is 4.18. The average molecular weight is 407 g/mol. The van der Waals surface area contributed by atoms with Crippen molar-refractivity contribution in [2.24, 2.45) is 0 Å². The maximum Gasteiger partial charge on any atom is 0.246 e. The second-order valence-electron chi connectivity index (χ2n) is 6.06. The lowest BCUT2D eigenvalue weighted by Gasteiger charge is -2.18. The zero-order chi connectivity index (χ0) is 19.3. The fraction of sp³-hybridized carbons (Fsp3) is 0.0952. The monoisotopic (exact) mass is 406 g/mol. The molecule has 0 bridgehead atoms. The van der Waals surface area contributed by atoms with Crippen molar-refractivity contribution in [1.82, 2.24) is 9.97 Å². The number of hydrogen-bond acceptors (Lipinski definition) is 6. The van der Waals surface area contributed by atoms with Crippen molar-refractivity contribution in [2.45, 2.75) is 0 Å². The van der Waals surface area contributed by atoms with E-state index in [1.165, 1.54) is 0 Å². The first-order chi connectivity index (χ1) is 13.7. The van der Waals surface area contributed by atoms with Crippen LogP contribution in [0, 0.1) is 0 Å². The average Bonchev–Trinajstić information content (AvgIpc) is 3.46. The summed E-state index contributed by atoms with van der Waals surface area (Å²) in [4.78, 5) is 25.6. The SMILES string of the molecule is CN(C(=O)CNc1cc(-c2cccs2)nc(-c2cccs2)n1)c1ccccc1. The summed E-state index contributed by atoms with van der Waals surface area (Å²) < 4.78 is 0. The van der Waals surface area contributed by atoms with Crippen LogP contribution in [-0.4, -0.2) is 29.5 Å². The summed E-state index contributed by atoms with van der Waals surface area (Å²) in [6.45, 7) is 0.149. The number of hydrogen-bond donors (Lipinski definition) is 1. The van der Waals surface area contributed by atoms with Crippen molar-refractivity contribution in [1.29, 1.82) is 0 Å². The lowest BCUT2D eigenvalue weighted by molar-refractivity contribution is -0.116. The Morgan fingerprint density at radius 2 is 1.68 bits per heavy atom. The summed E-state index contributed by atoms with van der Waals surface area (Å²) in [5, 5.41) is 7.19. The minimum absolute atomic E-state index is 0.0415. The molecular formula is C21H18N4OS2. The van der Waals surface area contributed by atoms with Crippen molar-refractivity contribution < 1.29 is 4.79 Å². The van der Waals surface area contributed by atoms with Crippen molar-refractivity contribution in [3.05, 3.63) is 71.4 Å². The Morgan fingerprint density at radius 1 is 0.964 bits per heavy atom. The number of rotatable bonds is 6. The summed E-state index contributed by atoms with van der Waals surface area (Å²) in [5.74, 6) is 1.25. The zero-order valence-corrected chi connectivity index (χ0v) is 16.8. The first kappa shape index (κ1) is 18.3. The van der Waals surface area contributed by atoms with E-state index in [0.717, 1.165) is 21.1 Å². The van der Waals surface area contributed by atoms with Crippen LogP contribution in [0.1, 0.15) is 0 Å². The van der Waals surface area contributed by atoms with E-state index in [4.69, 9.17) is 4.98 Å². The molecule has 5 nitrogen and oxygen atoms in total. The maximum atomic E-state index is 12.6. The van der Waals surface area contributed by atoms with Gasteiger partial charge in [-0.25, -0.2) is 9.97 Å². The maximum absolute atomic E-state index is 12.6. The second-order valence-corrected chi connectivity index (χ2v) is 7.95. The van der Waals surface area contributed by atoms with Gasteiger partial charge >= 0.3 is 0 Å². The molecule has 28 heavy (non-hydrogen) atoms. The molecule has 1 aromatic carbocycles. The number of amides is 1. The van der Waals surface area contributed by atoms with Gasteiger partial charge in [-0.15, -0.1) is 22.7 Å². The topological polar surface area (TPSA) is 58.1 Å². The van der Waals surface area contributed by atoms with Gasteiger partial charge in [-0.1, -0.05) is 30.3 Å². The quantitative estimate of drug-likeness (QED) is 0.489. The number of likely N-dealkylation sites (N-methyl/N-ethyl adjacent to an activating group) is 1. The van der Waals surface area contributed by atoms with Crippen LogP contribution in [0.5, 0.6) is 0 Å². The smallest absolute Gasteiger partial charge is 0.246 e. The van der Waals surface area contributed by atoms with E-state index in [0.29, 0.717) is 11.6 Å². The largest absolute Gasteiger partial charge is 0.361 e. The molecule has 0 aliphatic carbocycles. The second kappa shape index (κ2) is 8.33. The minimum Gasteiger partial charge on any atom is -0.361 e. The van der Waals surface area contributed by atoms with Crippen LogP contribution in [0.25, 0.3) is 21.3 Å². The van der Waals surface area contributed by atoms with Gasteiger partial charge in [0.1, 0.15) is 5.82 Å². The van der Waals surface area contributed by atoms with Crippen LogP contribution < -0.4 is 10.2 Å². The molecule has 0 unspecified atom stereocenters. The van der Waals surface area contributed by atoms with Crippen LogP contribution in [-0.2, 0) is 4.79 Å². The van der Waals surface area contributed by atoms with Gasteiger partial charge in [-0.2, -0.15) is 0 Å². The summed E-state index contributed by atoms with van der Waals surface area (Å²) in [7, 11) is 1.77. The Morgan fingerprint density at radius 3 is 2.36 bits per heavy atom. The third kappa shape index (κ3) is 4.11. The Kier molecular flexibility index (Phi) is 5.45. The number of thiophene rings is 2. The number of carbonyl (C=O) groups excluding carboxylic acids is 1. The molecule has 0 saturated carbocycles. The van der Waals surface area contributed by atoms with Crippen LogP contribution in [0.15, 0.2) is 71.4 Å². The molecule has 4 rings (SSSR count). The van der Waals surface area contributed by atoms with Gasteiger partial charge in [-0.05, 0) is 35.0 Å². The van der Waals surface area contributed by atoms with Gasteiger partial charge < -0.3 is 10.2 Å². The number of aromatic nitrogens is 2. The van der Waals surface area contributed by atoms with Crippen molar-refractivity contribution in [3.8, 4) is 21.3 Å². The number of nitrogens with one attached hydrogen (secondary N) is 1. The molecule has 3 heterocycles. The molecule has 0 aliphatic heterocycles. The molecule has 7 heteroatoms. The Bertz CT molecular complexity index is 995. The van der Waals surface area contributed by atoms with E-state index >= 15 is 0 Å². The zero-order valence-electron chi connectivity index (χ0n) is 15.2. The van der Waals surface area contributed by atoms with Crippen molar-refractivity contribution >= 4 is 40.1 Å². The van der Waals surface area contributed by atoms with Crippen LogP contribution in [0.2, 0.25) is 0 Å². The van der Waals surface area contributed by atoms with Gasteiger partial charge in [0.25, 0.3) is 0 Å². The van der Waals surface area contributed by atoms with Crippen molar-refractivity contribution in [2.75, 3.05) is 23.8 Å². The normalized spacial score (nSPS) is 10.6. The molecule has 1 N–H and O–H groups in total. The molecule has 0 fully saturated rings. The van der Waals surface area contributed by atoms with E-state index in [9.17, 15) is 4.79 Å². The van der Waals surface area contributed by atoms with E-state index in [1.54, 1.807) is 34.6 Å². The number of nitrogens with zero attached hydrogens (tertiary/aromatic N) is 3. The summed E-state index contributed by atoms with van der Waals surface area (Å²) in [6, 6.07) is 19.5. The molecule has 0 spiro atoms. The predicted octanol–water partition coefficient (Wildman–Crippen LogP) is 5.01. The lowest BCUT2D eigenvalue weighted by Crippen LogP contribution is -2.32. The van der Waals surface area contributed by atoms with Crippen LogP contribution >= 0.6 is 22.7 Å². The van der Waals surface area contributed by atoms with E-state index < -0.39 is 0 Å². The highest BCUT2D eigenvalue weighted by atomic mass is 32.1. The highest BCUT2D eigenvalue weighted by Gasteiger charge is 2.13. The summed E-state index contributed by atoms with van der Waals surface area (Å²) in [5.41, 5.74) is 1.70. The van der Waals surface area contributed by atoms with Gasteiger partial charge in [0.15, 0.2) is 5.82 Å². The standard InChI is InChI=1S/C21H18N4OS2/c1-25(15-7-3-2-4-8-15)20(26)14-22-19-13-16(17-9-5-11-27-17)23-21(24-19)18-10-6-12-28-18/h2-13H,14H2,1H3,(H,22,23,24).